The van der Waals surface area contributed by atoms with Crippen molar-refractivity contribution in [3.63, 3.8) is 0 Å². The van der Waals surface area contributed by atoms with E-state index >= 15 is 0 Å². The summed E-state index contributed by atoms with van der Waals surface area (Å²) in [6.45, 7) is 5.53. The number of aldehydes is 1. The van der Waals surface area contributed by atoms with Gasteiger partial charge < -0.3 is 20.5 Å². The average Bonchev–Trinajstić information content (AvgIpc) is 2.43. The summed E-state index contributed by atoms with van der Waals surface area (Å²) in [7, 11) is 0. The number of carbonyl (C=O) groups excluding carboxylic acids is 2. The lowest BCUT2D eigenvalue weighted by atomic mass is 10.0. The van der Waals surface area contributed by atoms with Gasteiger partial charge in [0.2, 0.25) is 5.91 Å². The highest BCUT2D eigenvalue weighted by Gasteiger charge is 2.24. The minimum Gasteiger partial charge on any atom is -0.465 e. The average molecular weight is 306 g/mol. The number of carboxylic acid groups (broad SMARTS) is 1. The Morgan fingerprint density at radius 3 is 2.45 bits per heavy atom. The number of nitrogens with one attached hydrogen (secondary N) is 2. The molecule has 0 bridgehead atoms. The molecule has 1 aromatic rings. The van der Waals surface area contributed by atoms with E-state index in [0.29, 0.717) is 6.29 Å². The molecule has 22 heavy (non-hydrogen) atoms. The summed E-state index contributed by atoms with van der Waals surface area (Å²) < 4.78 is 0. The Morgan fingerprint density at radius 2 is 1.95 bits per heavy atom. The summed E-state index contributed by atoms with van der Waals surface area (Å²) in [4.78, 5) is 34.1. The van der Waals surface area contributed by atoms with E-state index in [9.17, 15) is 14.4 Å². The van der Waals surface area contributed by atoms with Gasteiger partial charge in [-0.05, 0) is 18.4 Å². The molecule has 0 saturated heterocycles. The van der Waals surface area contributed by atoms with Gasteiger partial charge in [-0.1, -0.05) is 43.7 Å². The van der Waals surface area contributed by atoms with E-state index in [2.05, 4.69) is 10.6 Å². The van der Waals surface area contributed by atoms with E-state index in [1.807, 2.05) is 31.2 Å². The molecule has 0 saturated carbocycles. The molecule has 2 atom stereocenters. The summed E-state index contributed by atoms with van der Waals surface area (Å²) >= 11 is 0. The van der Waals surface area contributed by atoms with Crippen LogP contribution in [-0.2, 0) is 16.0 Å². The van der Waals surface area contributed by atoms with Crippen LogP contribution in [0, 0.1) is 12.8 Å². The zero-order valence-electron chi connectivity index (χ0n) is 13.0. The third kappa shape index (κ3) is 5.55. The summed E-state index contributed by atoms with van der Waals surface area (Å²) in [5, 5.41) is 13.7. The molecule has 0 aliphatic carbocycles. The number of hydrogen-bond acceptors (Lipinski definition) is 3. The molecule has 0 radical (unpaired) electrons. The molecule has 0 aromatic heterocycles. The maximum atomic E-state index is 12.2. The molecule has 1 aromatic carbocycles. The predicted octanol–water partition coefficient (Wildman–Crippen LogP) is 1.51. The molecule has 0 heterocycles. The van der Waals surface area contributed by atoms with Crippen LogP contribution in [0.3, 0.4) is 0 Å². The van der Waals surface area contributed by atoms with Crippen LogP contribution >= 0.6 is 0 Å². The fourth-order valence-corrected chi connectivity index (χ4v) is 2.06. The maximum absolute atomic E-state index is 12.2. The molecule has 120 valence electrons. The van der Waals surface area contributed by atoms with Gasteiger partial charge in [0.1, 0.15) is 12.3 Å². The van der Waals surface area contributed by atoms with Crippen molar-refractivity contribution >= 4 is 18.3 Å². The second kappa shape index (κ2) is 8.17. The van der Waals surface area contributed by atoms with Gasteiger partial charge in [-0.25, -0.2) is 4.79 Å². The van der Waals surface area contributed by atoms with Gasteiger partial charge >= 0.3 is 6.09 Å². The second-order valence-electron chi connectivity index (χ2n) is 5.61. The maximum Gasteiger partial charge on any atom is 0.405 e. The number of carbonyl (C=O) groups is 3. The lowest BCUT2D eigenvalue weighted by Gasteiger charge is -2.21. The van der Waals surface area contributed by atoms with E-state index < -0.39 is 24.1 Å². The Balaban J connectivity index is 2.85. The van der Waals surface area contributed by atoms with Crippen molar-refractivity contribution in [1.82, 2.24) is 10.6 Å². The smallest absolute Gasteiger partial charge is 0.405 e. The number of rotatable bonds is 7. The number of hydrogen-bond donors (Lipinski definition) is 3. The molecule has 6 heteroatoms. The van der Waals surface area contributed by atoms with E-state index in [0.717, 1.165) is 11.1 Å². The SMILES string of the molecule is Cc1cccc(CC(NC(=O)O)C(=O)NC(C=O)C(C)C)c1. The van der Waals surface area contributed by atoms with Crippen LogP contribution in [-0.4, -0.2) is 35.5 Å². The summed E-state index contributed by atoms with van der Waals surface area (Å²) in [6, 6.07) is 5.91. The highest BCUT2D eigenvalue weighted by Crippen LogP contribution is 2.08. The lowest BCUT2D eigenvalue weighted by molar-refractivity contribution is -0.126. The van der Waals surface area contributed by atoms with Crippen LogP contribution in [0.1, 0.15) is 25.0 Å². The van der Waals surface area contributed by atoms with E-state index in [1.54, 1.807) is 13.8 Å². The quantitative estimate of drug-likeness (QED) is 0.665. The van der Waals surface area contributed by atoms with Gasteiger partial charge in [-0.3, -0.25) is 4.79 Å². The Bertz CT molecular complexity index is 543. The largest absolute Gasteiger partial charge is 0.465 e. The first-order chi connectivity index (χ1) is 10.3. The Hall–Kier alpha value is -2.37. The van der Waals surface area contributed by atoms with Crippen molar-refractivity contribution in [2.24, 2.45) is 5.92 Å². The molecule has 0 fully saturated rings. The Morgan fingerprint density at radius 1 is 1.27 bits per heavy atom. The normalized spacial score (nSPS) is 13.3. The minimum atomic E-state index is -1.28. The van der Waals surface area contributed by atoms with Gasteiger partial charge in [0, 0.05) is 6.42 Å². The molecule has 6 nitrogen and oxygen atoms in total. The van der Waals surface area contributed by atoms with Crippen molar-refractivity contribution in [2.45, 2.75) is 39.3 Å². The van der Waals surface area contributed by atoms with Crippen molar-refractivity contribution in [2.75, 3.05) is 0 Å². The predicted molar refractivity (Wildman–Crippen MR) is 82.7 cm³/mol. The van der Waals surface area contributed by atoms with Gasteiger partial charge in [0.05, 0.1) is 6.04 Å². The van der Waals surface area contributed by atoms with Gasteiger partial charge in [-0.15, -0.1) is 0 Å². The first kappa shape index (κ1) is 17.7. The van der Waals surface area contributed by atoms with Gasteiger partial charge in [-0.2, -0.15) is 0 Å². The van der Waals surface area contributed by atoms with E-state index in [1.165, 1.54) is 0 Å². The van der Waals surface area contributed by atoms with Crippen LogP contribution in [0.5, 0.6) is 0 Å². The van der Waals surface area contributed by atoms with Crippen molar-refractivity contribution in [3.8, 4) is 0 Å². The lowest BCUT2D eigenvalue weighted by Crippen LogP contribution is -2.52. The van der Waals surface area contributed by atoms with Crippen LogP contribution in [0.15, 0.2) is 24.3 Å². The second-order valence-corrected chi connectivity index (χ2v) is 5.61. The number of amides is 2. The summed E-state index contributed by atoms with van der Waals surface area (Å²) in [6.07, 6.45) is -0.392. The summed E-state index contributed by atoms with van der Waals surface area (Å²) in [5.41, 5.74) is 1.88. The Kier molecular flexibility index (Phi) is 6.56. The molecule has 0 aliphatic heterocycles. The highest BCUT2D eigenvalue weighted by molar-refractivity contribution is 5.87. The van der Waals surface area contributed by atoms with Gasteiger partial charge in [0.15, 0.2) is 0 Å². The molecular formula is C16H22N2O4. The zero-order valence-corrected chi connectivity index (χ0v) is 13.0. The topological polar surface area (TPSA) is 95.5 Å². The van der Waals surface area contributed by atoms with Crippen LogP contribution < -0.4 is 10.6 Å². The Labute approximate surface area is 129 Å². The van der Waals surface area contributed by atoms with Crippen molar-refractivity contribution in [1.29, 1.82) is 0 Å². The molecule has 3 N–H and O–H groups in total. The molecule has 2 unspecified atom stereocenters. The highest BCUT2D eigenvalue weighted by atomic mass is 16.4. The first-order valence-corrected chi connectivity index (χ1v) is 7.14. The molecule has 0 spiro atoms. The minimum absolute atomic E-state index is 0.0640. The van der Waals surface area contributed by atoms with Crippen molar-refractivity contribution < 1.29 is 19.5 Å². The molecular weight excluding hydrogens is 284 g/mol. The third-order valence-electron chi connectivity index (χ3n) is 3.31. The summed E-state index contributed by atoms with van der Waals surface area (Å²) in [5.74, 6) is -0.569. The number of aryl methyl sites for hydroxylation is 1. The molecule has 2 amide bonds. The van der Waals surface area contributed by atoms with Crippen LogP contribution in [0.2, 0.25) is 0 Å². The van der Waals surface area contributed by atoms with E-state index in [4.69, 9.17) is 5.11 Å². The van der Waals surface area contributed by atoms with Crippen LogP contribution in [0.25, 0.3) is 0 Å². The fourth-order valence-electron chi connectivity index (χ4n) is 2.06. The monoisotopic (exact) mass is 306 g/mol. The standard InChI is InChI=1S/C16H22N2O4/c1-10(2)14(9-19)17-15(20)13(18-16(21)22)8-12-6-4-5-11(3)7-12/h4-7,9-10,13-14,18H,8H2,1-3H3,(H,17,20)(H,21,22). The molecule has 0 aliphatic rings. The van der Waals surface area contributed by atoms with Gasteiger partial charge in [0.25, 0.3) is 0 Å². The van der Waals surface area contributed by atoms with E-state index in [-0.39, 0.29) is 12.3 Å². The molecule has 1 rings (SSSR count). The third-order valence-corrected chi connectivity index (χ3v) is 3.31. The first-order valence-electron chi connectivity index (χ1n) is 7.14. The zero-order chi connectivity index (χ0) is 16.7. The fraction of sp³-hybridized carbons (Fsp3) is 0.438. The van der Waals surface area contributed by atoms with Crippen molar-refractivity contribution in [3.05, 3.63) is 35.4 Å². The number of benzene rings is 1. The van der Waals surface area contributed by atoms with Crippen LogP contribution in [0.4, 0.5) is 4.79 Å².